The van der Waals surface area contributed by atoms with Crippen LogP contribution in [0.2, 0.25) is 0 Å². The Labute approximate surface area is 224 Å². The number of Topliss-reactive ketones (excluding diaryl/α,β-unsaturated/α-hetero) is 1. The zero-order valence-corrected chi connectivity index (χ0v) is 22.6. The second kappa shape index (κ2) is 12.9. The van der Waals surface area contributed by atoms with Crippen molar-refractivity contribution in [2.24, 2.45) is 0 Å². The standard InChI is InChI=1S/C30H38N2O6/c1-4-5-6-17-38-24-10-7-22(8-11-24)27-26(28(33)23-9-12-25(36-3)21(2)20-23)29(34)30(35)32(27)14-13-31-15-18-37-19-16-31/h7-12,20,27,33H,4-6,13-19H2,1-3H3. The van der Waals surface area contributed by atoms with Crippen molar-refractivity contribution in [3.8, 4) is 11.5 Å². The molecular weight excluding hydrogens is 484 g/mol. The lowest BCUT2D eigenvalue weighted by molar-refractivity contribution is -0.140. The second-order valence-electron chi connectivity index (χ2n) is 9.76. The van der Waals surface area contributed by atoms with Gasteiger partial charge in [-0.25, -0.2) is 0 Å². The summed E-state index contributed by atoms with van der Waals surface area (Å²) in [5.41, 5.74) is 2.13. The monoisotopic (exact) mass is 522 g/mol. The van der Waals surface area contributed by atoms with E-state index in [9.17, 15) is 14.7 Å². The number of nitrogens with zero attached hydrogens (tertiary/aromatic N) is 2. The molecule has 0 bridgehead atoms. The Kier molecular flexibility index (Phi) is 9.42. The van der Waals surface area contributed by atoms with Crippen molar-refractivity contribution < 1.29 is 28.9 Å². The van der Waals surface area contributed by atoms with Gasteiger partial charge in [-0.2, -0.15) is 0 Å². The Morgan fingerprint density at radius 1 is 1.05 bits per heavy atom. The highest BCUT2D eigenvalue weighted by atomic mass is 16.5. The van der Waals surface area contributed by atoms with Crippen molar-refractivity contribution in [3.05, 3.63) is 64.7 Å². The maximum Gasteiger partial charge on any atom is 0.295 e. The highest BCUT2D eigenvalue weighted by Gasteiger charge is 2.46. The van der Waals surface area contributed by atoms with E-state index in [1.807, 2.05) is 31.2 Å². The van der Waals surface area contributed by atoms with Gasteiger partial charge < -0.3 is 24.2 Å². The van der Waals surface area contributed by atoms with Gasteiger partial charge in [0.2, 0.25) is 0 Å². The molecule has 2 saturated heterocycles. The molecule has 2 fully saturated rings. The van der Waals surface area contributed by atoms with Gasteiger partial charge in [-0.1, -0.05) is 31.9 Å². The molecule has 1 atom stereocenters. The van der Waals surface area contributed by atoms with Crippen molar-refractivity contribution in [2.45, 2.75) is 39.2 Å². The predicted octanol–water partition coefficient (Wildman–Crippen LogP) is 4.33. The molecule has 0 spiro atoms. The third-order valence-electron chi connectivity index (χ3n) is 7.18. The summed E-state index contributed by atoms with van der Waals surface area (Å²) in [4.78, 5) is 30.4. The molecule has 1 N–H and O–H groups in total. The quantitative estimate of drug-likeness (QED) is 0.203. The molecule has 4 rings (SSSR count). The van der Waals surface area contributed by atoms with Crippen molar-refractivity contribution in [2.75, 3.05) is 53.1 Å². The molecule has 1 amide bonds. The fourth-order valence-corrected chi connectivity index (χ4v) is 5.00. The summed E-state index contributed by atoms with van der Waals surface area (Å²) in [7, 11) is 1.58. The van der Waals surface area contributed by atoms with E-state index in [4.69, 9.17) is 14.2 Å². The average Bonchev–Trinajstić information content (AvgIpc) is 3.19. The summed E-state index contributed by atoms with van der Waals surface area (Å²) in [6, 6.07) is 12.0. The molecule has 8 heteroatoms. The fourth-order valence-electron chi connectivity index (χ4n) is 5.00. The van der Waals surface area contributed by atoms with E-state index in [0.717, 1.165) is 49.2 Å². The van der Waals surface area contributed by atoms with E-state index in [2.05, 4.69) is 11.8 Å². The first-order chi connectivity index (χ1) is 18.4. The Morgan fingerprint density at radius 3 is 2.45 bits per heavy atom. The molecule has 2 aromatic rings. The number of ketones is 1. The first-order valence-corrected chi connectivity index (χ1v) is 13.4. The number of carbonyl (C=O) groups is 2. The number of carbonyl (C=O) groups excluding carboxylic acids is 2. The van der Waals surface area contributed by atoms with Crippen LogP contribution in [0.25, 0.3) is 5.76 Å². The van der Waals surface area contributed by atoms with Crippen molar-refractivity contribution >= 4 is 17.4 Å². The van der Waals surface area contributed by atoms with E-state index in [-0.39, 0.29) is 11.3 Å². The van der Waals surface area contributed by atoms with Gasteiger partial charge in [-0.3, -0.25) is 14.5 Å². The Hall–Kier alpha value is -3.36. The summed E-state index contributed by atoms with van der Waals surface area (Å²) in [5, 5.41) is 11.4. The van der Waals surface area contributed by atoms with Crippen LogP contribution in [0.3, 0.4) is 0 Å². The number of rotatable bonds is 11. The Bertz CT molecular complexity index is 1150. The molecule has 38 heavy (non-hydrogen) atoms. The van der Waals surface area contributed by atoms with E-state index in [1.165, 1.54) is 0 Å². The van der Waals surface area contributed by atoms with Crippen LogP contribution in [0.4, 0.5) is 0 Å². The minimum absolute atomic E-state index is 0.0955. The predicted molar refractivity (Wildman–Crippen MR) is 145 cm³/mol. The van der Waals surface area contributed by atoms with Crippen LogP contribution >= 0.6 is 0 Å². The topological polar surface area (TPSA) is 88.5 Å². The van der Waals surface area contributed by atoms with Crippen LogP contribution in [-0.2, 0) is 14.3 Å². The maximum atomic E-state index is 13.4. The molecule has 0 aliphatic carbocycles. The first-order valence-electron chi connectivity index (χ1n) is 13.4. The van der Waals surface area contributed by atoms with E-state index >= 15 is 0 Å². The van der Waals surface area contributed by atoms with E-state index in [0.29, 0.717) is 44.2 Å². The summed E-state index contributed by atoms with van der Waals surface area (Å²) >= 11 is 0. The molecule has 2 heterocycles. The molecule has 2 aromatic carbocycles. The Morgan fingerprint density at radius 2 is 1.79 bits per heavy atom. The Balaban J connectivity index is 1.67. The number of aliphatic hydroxyl groups is 1. The molecule has 1 unspecified atom stereocenters. The molecule has 8 nitrogen and oxygen atoms in total. The number of aliphatic hydroxyl groups excluding tert-OH is 1. The molecule has 2 aliphatic rings. The summed E-state index contributed by atoms with van der Waals surface area (Å²) in [6.07, 6.45) is 3.22. The normalized spacial score (nSPS) is 19.7. The lowest BCUT2D eigenvalue weighted by Crippen LogP contribution is -2.42. The van der Waals surface area contributed by atoms with Gasteiger partial charge in [0, 0.05) is 31.7 Å². The minimum atomic E-state index is -0.701. The van der Waals surface area contributed by atoms with Gasteiger partial charge in [-0.15, -0.1) is 0 Å². The number of hydrogen-bond acceptors (Lipinski definition) is 7. The summed E-state index contributed by atoms with van der Waals surface area (Å²) in [5.74, 6) is -0.0508. The third-order valence-corrected chi connectivity index (χ3v) is 7.18. The zero-order valence-electron chi connectivity index (χ0n) is 22.6. The molecule has 2 aliphatic heterocycles. The smallest absolute Gasteiger partial charge is 0.295 e. The van der Waals surface area contributed by atoms with Crippen molar-refractivity contribution in [1.82, 2.24) is 9.80 Å². The number of hydrogen-bond donors (Lipinski definition) is 1. The molecule has 0 aromatic heterocycles. The van der Waals surface area contributed by atoms with Gasteiger partial charge in [0.25, 0.3) is 11.7 Å². The third kappa shape index (κ3) is 6.19. The van der Waals surface area contributed by atoms with Crippen LogP contribution < -0.4 is 9.47 Å². The van der Waals surface area contributed by atoms with Gasteiger partial charge >= 0.3 is 0 Å². The van der Waals surface area contributed by atoms with Crippen LogP contribution in [0.1, 0.15) is 48.9 Å². The number of likely N-dealkylation sites (tertiary alicyclic amines) is 1. The number of unbranched alkanes of at least 4 members (excludes halogenated alkanes) is 2. The van der Waals surface area contributed by atoms with Crippen LogP contribution in [0.15, 0.2) is 48.0 Å². The number of amides is 1. The number of benzene rings is 2. The SMILES string of the molecule is CCCCCOc1ccc(C2C(=C(O)c3ccc(OC)c(C)c3)C(=O)C(=O)N2CCN2CCOCC2)cc1. The highest BCUT2D eigenvalue weighted by molar-refractivity contribution is 6.46. The highest BCUT2D eigenvalue weighted by Crippen LogP contribution is 2.40. The molecule has 0 saturated carbocycles. The lowest BCUT2D eigenvalue weighted by atomic mass is 9.94. The van der Waals surface area contributed by atoms with Gasteiger partial charge in [-0.05, 0) is 54.8 Å². The molecule has 0 radical (unpaired) electrons. The minimum Gasteiger partial charge on any atom is -0.507 e. The van der Waals surface area contributed by atoms with Crippen molar-refractivity contribution in [3.63, 3.8) is 0 Å². The number of morpholine rings is 1. The maximum absolute atomic E-state index is 13.4. The lowest BCUT2D eigenvalue weighted by Gasteiger charge is -2.31. The summed E-state index contributed by atoms with van der Waals surface area (Å²) < 4.78 is 16.6. The average molecular weight is 523 g/mol. The fraction of sp³-hybridized carbons (Fsp3) is 0.467. The van der Waals surface area contributed by atoms with E-state index in [1.54, 1.807) is 30.2 Å². The van der Waals surface area contributed by atoms with E-state index < -0.39 is 17.7 Å². The van der Waals surface area contributed by atoms with Crippen LogP contribution in [0.5, 0.6) is 11.5 Å². The first kappa shape index (κ1) is 27.7. The zero-order chi connectivity index (χ0) is 27.1. The van der Waals surface area contributed by atoms with Crippen LogP contribution in [-0.4, -0.2) is 79.7 Å². The number of methoxy groups -OCH3 is 1. The van der Waals surface area contributed by atoms with Gasteiger partial charge in [0.15, 0.2) is 0 Å². The second-order valence-corrected chi connectivity index (χ2v) is 9.76. The number of aryl methyl sites for hydroxylation is 1. The van der Waals surface area contributed by atoms with Crippen LogP contribution in [0, 0.1) is 6.92 Å². The summed E-state index contributed by atoms with van der Waals surface area (Å²) in [6.45, 7) is 8.51. The molecule has 204 valence electrons. The van der Waals surface area contributed by atoms with Gasteiger partial charge in [0.05, 0.1) is 38.5 Å². The molecular formula is C30H38N2O6. The van der Waals surface area contributed by atoms with Gasteiger partial charge in [0.1, 0.15) is 17.3 Å². The largest absolute Gasteiger partial charge is 0.507 e. The van der Waals surface area contributed by atoms with Crippen molar-refractivity contribution in [1.29, 1.82) is 0 Å². The number of ether oxygens (including phenoxy) is 3.